The minimum Gasteiger partial charge on any atom is -0.441 e. The van der Waals surface area contributed by atoms with Gasteiger partial charge in [-0.2, -0.15) is 0 Å². The van der Waals surface area contributed by atoms with E-state index in [2.05, 4.69) is 26.6 Å². The summed E-state index contributed by atoms with van der Waals surface area (Å²) in [6.07, 6.45) is -6.96. The standard InChI is InChI=1S/C19H36N8O8/c20-3-1-2-7(21)4-10(30)24-13-15(35-18(22)33)14(31)9(6-28)34-17(13)27-19-25-11-8(29)5-23-16(32)12(11)26-19/h7-9,11-15,17,19,25-29,31H,1-6,20-21H2,(H2,22,33)(H,23,32)(H,24,30)/t7?,8?,9-,11?,12?,13-,14+,15+,17-,19?/m1/s1. The maximum Gasteiger partial charge on any atom is 0.404 e. The molecule has 0 spiro atoms. The molecular formula is C19H36N8O8. The maximum atomic E-state index is 12.7. The Labute approximate surface area is 201 Å². The van der Waals surface area contributed by atoms with Crippen LogP contribution in [-0.2, 0) is 19.1 Å². The Morgan fingerprint density at radius 1 is 1.29 bits per heavy atom. The van der Waals surface area contributed by atoms with Crippen LogP contribution in [0.3, 0.4) is 0 Å². The minimum absolute atomic E-state index is 0.0670. The number of carbonyl (C=O) groups excluding carboxylic acids is 3. The van der Waals surface area contributed by atoms with Crippen LogP contribution in [0, 0.1) is 0 Å². The number of amides is 3. The van der Waals surface area contributed by atoms with E-state index < -0.39 is 79.7 Å². The second-order valence-electron chi connectivity index (χ2n) is 8.91. The number of carbonyl (C=O) groups is 3. The zero-order chi connectivity index (χ0) is 25.7. The molecule has 10 atom stereocenters. The number of piperidine rings is 1. The van der Waals surface area contributed by atoms with Gasteiger partial charge >= 0.3 is 6.09 Å². The van der Waals surface area contributed by atoms with E-state index in [-0.39, 0.29) is 18.9 Å². The van der Waals surface area contributed by atoms with Gasteiger partial charge in [0.2, 0.25) is 11.8 Å². The van der Waals surface area contributed by atoms with Crippen molar-refractivity contribution in [1.29, 1.82) is 0 Å². The quantitative estimate of drug-likeness (QED) is 0.132. The molecule has 0 aliphatic carbocycles. The van der Waals surface area contributed by atoms with Gasteiger partial charge in [0, 0.05) is 19.0 Å². The summed E-state index contributed by atoms with van der Waals surface area (Å²) in [7, 11) is 0. The Morgan fingerprint density at radius 2 is 2.03 bits per heavy atom. The van der Waals surface area contributed by atoms with Crippen molar-refractivity contribution in [2.75, 3.05) is 19.7 Å². The number of rotatable bonds is 10. The molecule has 3 rings (SSSR count). The fourth-order valence-corrected chi connectivity index (χ4v) is 4.54. The smallest absolute Gasteiger partial charge is 0.404 e. The molecular weight excluding hydrogens is 468 g/mol. The van der Waals surface area contributed by atoms with Gasteiger partial charge in [-0.3, -0.25) is 25.5 Å². The summed E-state index contributed by atoms with van der Waals surface area (Å²) in [5.41, 5.74) is 16.6. The molecule has 0 aromatic carbocycles. The van der Waals surface area contributed by atoms with Gasteiger partial charge in [0.1, 0.15) is 36.8 Å². The Morgan fingerprint density at radius 3 is 2.66 bits per heavy atom. The summed E-state index contributed by atoms with van der Waals surface area (Å²) in [4.78, 5) is 36.4. The van der Waals surface area contributed by atoms with E-state index in [0.29, 0.717) is 19.4 Å². The maximum absolute atomic E-state index is 12.7. The highest BCUT2D eigenvalue weighted by Gasteiger charge is 2.50. The molecule has 200 valence electrons. The van der Waals surface area contributed by atoms with Crippen LogP contribution in [0.2, 0.25) is 0 Å². The number of primary amides is 1. The van der Waals surface area contributed by atoms with Crippen LogP contribution in [0.1, 0.15) is 19.3 Å². The second-order valence-corrected chi connectivity index (χ2v) is 8.91. The first-order valence-electron chi connectivity index (χ1n) is 11.5. The van der Waals surface area contributed by atoms with Gasteiger partial charge in [-0.1, -0.05) is 0 Å². The molecule has 3 heterocycles. The van der Waals surface area contributed by atoms with Crippen LogP contribution in [0.15, 0.2) is 0 Å². The van der Waals surface area contributed by atoms with E-state index >= 15 is 0 Å². The number of β-amino-alcohol motifs (C(OH)–C–C–N with tert-alkyl or cyclic N) is 1. The molecule has 3 amide bonds. The lowest BCUT2D eigenvalue weighted by atomic mass is 9.95. The largest absolute Gasteiger partial charge is 0.441 e. The number of aliphatic hydroxyl groups is 3. The number of fused-ring (bicyclic) bond motifs is 1. The highest BCUT2D eigenvalue weighted by Crippen LogP contribution is 2.24. The molecule has 14 N–H and O–H groups in total. The predicted octanol–water partition coefficient (Wildman–Crippen LogP) is -6.24. The third-order valence-electron chi connectivity index (χ3n) is 6.28. The van der Waals surface area contributed by atoms with Crippen LogP contribution in [0.25, 0.3) is 0 Å². The van der Waals surface area contributed by atoms with Crippen LogP contribution in [-0.4, -0.2) is 114 Å². The molecule has 35 heavy (non-hydrogen) atoms. The first-order chi connectivity index (χ1) is 16.6. The SMILES string of the molecule is NCCCC(N)CC(=O)N[C@@H]1[C@H](OC(N)=O)[C@@H](O)[C@@H](CO)O[C@H]1NC1NC2C(=O)NCC(O)C2N1. The molecule has 16 nitrogen and oxygen atoms in total. The molecule has 0 saturated carbocycles. The number of ether oxygens (including phenoxy) is 2. The highest BCUT2D eigenvalue weighted by atomic mass is 16.6. The average molecular weight is 505 g/mol. The number of hydrogen-bond donors (Lipinski definition) is 11. The Hall–Kier alpha value is -2.15. The van der Waals surface area contributed by atoms with Crippen molar-refractivity contribution in [3.05, 3.63) is 0 Å². The lowest BCUT2D eigenvalue weighted by Crippen LogP contribution is -2.71. The fourth-order valence-electron chi connectivity index (χ4n) is 4.54. The number of hydrogen-bond acceptors (Lipinski definition) is 13. The van der Waals surface area contributed by atoms with Crippen molar-refractivity contribution >= 4 is 17.9 Å². The first kappa shape index (κ1) is 27.4. The van der Waals surface area contributed by atoms with Crippen molar-refractivity contribution < 1.29 is 39.2 Å². The Kier molecular flexibility index (Phi) is 9.56. The van der Waals surface area contributed by atoms with Gasteiger partial charge in [-0.05, 0) is 19.4 Å². The van der Waals surface area contributed by atoms with E-state index in [4.69, 9.17) is 26.7 Å². The summed E-state index contributed by atoms with van der Waals surface area (Å²) in [6, 6.07) is -2.97. The molecule has 3 saturated heterocycles. The van der Waals surface area contributed by atoms with Gasteiger partial charge in [0.25, 0.3) is 0 Å². The summed E-state index contributed by atoms with van der Waals surface area (Å²) in [5.74, 6) is -0.810. The molecule has 0 aromatic heterocycles. The van der Waals surface area contributed by atoms with E-state index in [9.17, 15) is 29.7 Å². The molecule has 3 fully saturated rings. The van der Waals surface area contributed by atoms with E-state index in [1.165, 1.54) is 0 Å². The highest BCUT2D eigenvalue weighted by molar-refractivity contribution is 5.84. The van der Waals surface area contributed by atoms with Gasteiger partial charge < -0.3 is 52.6 Å². The van der Waals surface area contributed by atoms with Crippen molar-refractivity contribution in [3.8, 4) is 0 Å². The average Bonchev–Trinajstić information content (AvgIpc) is 3.24. The number of aliphatic hydroxyl groups excluding tert-OH is 3. The summed E-state index contributed by atoms with van der Waals surface area (Å²) < 4.78 is 10.9. The zero-order valence-electron chi connectivity index (χ0n) is 19.1. The third-order valence-corrected chi connectivity index (χ3v) is 6.28. The van der Waals surface area contributed by atoms with Crippen molar-refractivity contribution in [1.82, 2.24) is 26.6 Å². The predicted molar refractivity (Wildman–Crippen MR) is 119 cm³/mol. The minimum atomic E-state index is -1.51. The normalized spacial score (nSPS) is 37.7. The first-order valence-corrected chi connectivity index (χ1v) is 11.5. The summed E-state index contributed by atoms with van der Waals surface area (Å²) in [6.45, 7) is -0.116. The zero-order valence-corrected chi connectivity index (χ0v) is 19.1. The number of nitrogens with one attached hydrogen (secondary N) is 5. The van der Waals surface area contributed by atoms with E-state index in [1.54, 1.807) is 0 Å². The lowest BCUT2D eigenvalue weighted by Gasteiger charge is -2.45. The molecule has 5 unspecified atom stereocenters. The Bertz CT molecular complexity index is 762. The van der Waals surface area contributed by atoms with Crippen LogP contribution < -0.4 is 43.8 Å². The van der Waals surface area contributed by atoms with Gasteiger partial charge in [-0.15, -0.1) is 0 Å². The van der Waals surface area contributed by atoms with Crippen LogP contribution in [0.5, 0.6) is 0 Å². The lowest BCUT2D eigenvalue weighted by molar-refractivity contribution is -0.204. The van der Waals surface area contributed by atoms with E-state index in [0.717, 1.165) is 0 Å². The second kappa shape index (κ2) is 12.2. The van der Waals surface area contributed by atoms with Crippen molar-refractivity contribution in [3.63, 3.8) is 0 Å². The van der Waals surface area contributed by atoms with Gasteiger partial charge in [0.05, 0.1) is 18.8 Å². The molecule has 0 aromatic rings. The van der Waals surface area contributed by atoms with E-state index in [1.807, 2.05) is 0 Å². The third kappa shape index (κ3) is 6.75. The number of nitrogens with two attached hydrogens (primary N) is 3. The van der Waals surface area contributed by atoms with Crippen molar-refractivity contribution in [2.45, 2.75) is 80.4 Å². The molecule has 3 aliphatic heterocycles. The monoisotopic (exact) mass is 504 g/mol. The molecule has 0 bridgehead atoms. The summed E-state index contributed by atoms with van der Waals surface area (Å²) in [5, 5.41) is 44.8. The van der Waals surface area contributed by atoms with Crippen LogP contribution >= 0.6 is 0 Å². The topological polar surface area (TPSA) is 269 Å². The Balaban J connectivity index is 1.76. The molecule has 3 aliphatic rings. The fraction of sp³-hybridized carbons (Fsp3) is 0.842. The summed E-state index contributed by atoms with van der Waals surface area (Å²) >= 11 is 0. The molecule has 0 radical (unpaired) electrons. The van der Waals surface area contributed by atoms with Gasteiger partial charge in [-0.25, -0.2) is 4.79 Å². The van der Waals surface area contributed by atoms with Crippen LogP contribution in [0.4, 0.5) is 4.79 Å². The van der Waals surface area contributed by atoms with Gasteiger partial charge in [0.15, 0.2) is 6.10 Å². The van der Waals surface area contributed by atoms with Crippen molar-refractivity contribution in [2.24, 2.45) is 17.2 Å². The molecule has 16 heteroatoms.